The zero-order chi connectivity index (χ0) is 16.4. The average Bonchev–Trinajstić information content (AvgIpc) is 3.34. The summed E-state index contributed by atoms with van der Waals surface area (Å²) in [7, 11) is 0. The Bertz CT molecular complexity index is 577. The Morgan fingerprint density at radius 2 is 2.17 bits per heavy atom. The molecular formula is C18H24ClNO3. The summed E-state index contributed by atoms with van der Waals surface area (Å²) in [6, 6.07) is 5.49. The molecule has 1 saturated carbocycles. The first kappa shape index (κ1) is 16.6. The topological polar surface area (TPSA) is 38.8 Å². The van der Waals surface area contributed by atoms with Crippen molar-refractivity contribution in [1.82, 2.24) is 4.90 Å². The van der Waals surface area contributed by atoms with Gasteiger partial charge in [0.25, 0.3) is 0 Å². The van der Waals surface area contributed by atoms with Gasteiger partial charge in [0.1, 0.15) is 11.9 Å². The molecule has 1 saturated heterocycles. The summed E-state index contributed by atoms with van der Waals surface area (Å²) in [6.45, 7) is 7.60. The maximum atomic E-state index is 11.9. The molecule has 0 bridgehead atoms. The highest BCUT2D eigenvalue weighted by Gasteiger charge is 2.48. The number of piperidine rings is 1. The van der Waals surface area contributed by atoms with Gasteiger partial charge in [-0.05, 0) is 49.6 Å². The number of halogens is 1. The van der Waals surface area contributed by atoms with E-state index in [1.165, 1.54) is 13.0 Å². The van der Waals surface area contributed by atoms with Gasteiger partial charge in [0.05, 0.1) is 12.2 Å². The highest BCUT2D eigenvalue weighted by atomic mass is 35.5. The Kier molecular flexibility index (Phi) is 5.12. The van der Waals surface area contributed by atoms with E-state index in [2.05, 4.69) is 11.8 Å². The number of hydrogen-bond donors (Lipinski definition) is 0. The molecule has 0 N–H and O–H groups in total. The van der Waals surface area contributed by atoms with Crippen molar-refractivity contribution in [3.63, 3.8) is 0 Å². The van der Waals surface area contributed by atoms with Crippen LogP contribution >= 0.6 is 11.6 Å². The van der Waals surface area contributed by atoms with Gasteiger partial charge in [-0.1, -0.05) is 6.92 Å². The third-order valence-corrected chi connectivity index (χ3v) is 5.12. The molecule has 1 aromatic rings. The molecule has 1 aromatic carbocycles. The van der Waals surface area contributed by atoms with E-state index in [0.29, 0.717) is 18.1 Å². The number of likely N-dealkylation sites (tertiary alicyclic amines) is 1. The van der Waals surface area contributed by atoms with E-state index in [-0.39, 0.29) is 18.0 Å². The van der Waals surface area contributed by atoms with Crippen LogP contribution in [0.1, 0.15) is 36.2 Å². The SMILES string of the molecule is CCOC(=O)c1ccc(O[C@@H]2CN(CC)C[C@@H]3C[C@@H]32)cc1CCl. The summed E-state index contributed by atoms with van der Waals surface area (Å²) in [5, 5.41) is 0. The number of benzene rings is 1. The van der Waals surface area contributed by atoms with Crippen molar-refractivity contribution in [2.45, 2.75) is 32.3 Å². The lowest BCUT2D eigenvalue weighted by Crippen LogP contribution is -2.42. The van der Waals surface area contributed by atoms with Crippen molar-refractivity contribution in [2.24, 2.45) is 11.8 Å². The maximum Gasteiger partial charge on any atom is 0.338 e. The van der Waals surface area contributed by atoms with E-state index in [1.54, 1.807) is 13.0 Å². The number of nitrogens with zero attached hydrogens (tertiary/aromatic N) is 1. The molecule has 126 valence electrons. The zero-order valence-corrected chi connectivity index (χ0v) is 14.5. The van der Waals surface area contributed by atoms with E-state index in [4.69, 9.17) is 21.1 Å². The predicted molar refractivity (Wildman–Crippen MR) is 90.1 cm³/mol. The summed E-state index contributed by atoms with van der Waals surface area (Å²) >= 11 is 6.00. The van der Waals surface area contributed by atoms with Gasteiger partial charge in [-0.3, -0.25) is 4.90 Å². The maximum absolute atomic E-state index is 11.9. The number of ether oxygens (including phenoxy) is 2. The van der Waals surface area contributed by atoms with Gasteiger partial charge >= 0.3 is 5.97 Å². The minimum absolute atomic E-state index is 0.241. The van der Waals surface area contributed by atoms with Crippen LogP contribution < -0.4 is 4.74 Å². The molecule has 2 aliphatic rings. The van der Waals surface area contributed by atoms with Gasteiger partial charge < -0.3 is 9.47 Å². The van der Waals surface area contributed by atoms with Crippen LogP contribution in [-0.2, 0) is 10.6 Å². The lowest BCUT2D eigenvalue weighted by Gasteiger charge is -2.31. The molecule has 0 aromatic heterocycles. The molecule has 0 amide bonds. The van der Waals surface area contributed by atoms with Crippen molar-refractivity contribution in [2.75, 3.05) is 26.2 Å². The number of carbonyl (C=O) groups is 1. The molecule has 4 nitrogen and oxygen atoms in total. The minimum atomic E-state index is -0.327. The van der Waals surface area contributed by atoms with Crippen LogP contribution in [-0.4, -0.2) is 43.2 Å². The van der Waals surface area contributed by atoms with E-state index >= 15 is 0 Å². The quantitative estimate of drug-likeness (QED) is 0.589. The van der Waals surface area contributed by atoms with Crippen molar-refractivity contribution in [3.8, 4) is 5.75 Å². The first-order valence-electron chi connectivity index (χ1n) is 8.41. The average molecular weight is 338 g/mol. The molecule has 2 fully saturated rings. The summed E-state index contributed by atoms with van der Waals surface area (Å²) in [5.41, 5.74) is 1.29. The molecule has 3 atom stereocenters. The Labute approximate surface area is 142 Å². The third-order valence-electron chi connectivity index (χ3n) is 4.84. The molecule has 3 rings (SSSR count). The van der Waals surface area contributed by atoms with Crippen LogP contribution in [0.15, 0.2) is 18.2 Å². The molecule has 1 aliphatic carbocycles. The highest BCUT2D eigenvalue weighted by molar-refractivity contribution is 6.17. The number of alkyl halides is 1. The Morgan fingerprint density at radius 1 is 1.35 bits per heavy atom. The number of likely N-dealkylation sites (N-methyl/N-ethyl adjacent to an activating group) is 1. The lowest BCUT2D eigenvalue weighted by molar-refractivity contribution is 0.0525. The van der Waals surface area contributed by atoms with Crippen molar-refractivity contribution >= 4 is 17.6 Å². The predicted octanol–water partition coefficient (Wildman–Crippen LogP) is 3.32. The van der Waals surface area contributed by atoms with Crippen LogP contribution in [0.25, 0.3) is 0 Å². The van der Waals surface area contributed by atoms with Gasteiger partial charge in [-0.2, -0.15) is 0 Å². The second kappa shape index (κ2) is 7.10. The number of esters is 1. The van der Waals surface area contributed by atoms with Gasteiger partial charge in [0.15, 0.2) is 0 Å². The summed E-state index contributed by atoms with van der Waals surface area (Å²) in [4.78, 5) is 14.4. The standard InChI is InChI=1S/C18H24ClNO3/c1-3-20-10-13-8-16(13)17(11-20)23-14-5-6-15(12(7-14)9-19)18(21)22-4-2/h5-7,13,16-17H,3-4,8-11H2,1-2H3/t13-,16-,17+/m0/s1. The smallest absolute Gasteiger partial charge is 0.338 e. The zero-order valence-electron chi connectivity index (χ0n) is 13.8. The fourth-order valence-corrected chi connectivity index (χ4v) is 3.67. The molecule has 1 aliphatic heterocycles. The number of hydrogen-bond acceptors (Lipinski definition) is 4. The minimum Gasteiger partial charge on any atom is -0.489 e. The van der Waals surface area contributed by atoms with E-state index in [1.807, 2.05) is 12.1 Å². The number of rotatable bonds is 6. The Hall–Kier alpha value is -1.26. The Morgan fingerprint density at radius 3 is 2.87 bits per heavy atom. The van der Waals surface area contributed by atoms with Crippen LogP contribution in [0, 0.1) is 11.8 Å². The molecule has 0 spiro atoms. The molecule has 0 radical (unpaired) electrons. The van der Waals surface area contributed by atoms with Crippen LogP contribution in [0.2, 0.25) is 0 Å². The largest absolute Gasteiger partial charge is 0.489 e. The van der Waals surface area contributed by atoms with Crippen molar-refractivity contribution < 1.29 is 14.3 Å². The molecular weight excluding hydrogens is 314 g/mol. The molecule has 1 heterocycles. The lowest BCUT2D eigenvalue weighted by atomic mass is 10.1. The number of carbonyl (C=O) groups excluding carboxylic acids is 1. The number of fused-ring (bicyclic) bond motifs is 1. The van der Waals surface area contributed by atoms with Gasteiger partial charge in [-0.25, -0.2) is 4.79 Å². The molecule has 5 heteroatoms. The van der Waals surface area contributed by atoms with E-state index in [0.717, 1.165) is 30.3 Å². The third kappa shape index (κ3) is 3.64. The van der Waals surface area contributed by atoms with E-state index in [9.17, 15) is 4.79 Å². The van der Waals surface area contributed by atoms with Crippen LogP contribution in [0.4, 0.5) is 0 Å². The molecule has 0 unspecified atom stereocenters. The van der Waals surface area contributed by atoms with Crippen molar-refractivity contribution in [1.29, 1.82) is 0 Å². The molecule has 23 heavy (non-hydrogen) atoms. The van der Waals surface area contributed by atoms with Gasteiger partial charge in [0.2, 0.25) is 0 Å². The monoisotopic (exact) mass is 337 g/mol. The fourth-order valence-electron chi connectivity index (χ4n) is 3.45. The first-order chi connectivity index (χ1) is 11.2. The van der Waals surface area contributed by atoms with Gasteiger partial charge in [0, 0.05) is 24.9 Å². The Balaban J connectivity index is 1.72. The summed E-state index contributed by atoms with van der Waals surface area (Å²) in [6.07, 6.45) is 1.51. The second-order valence-corrected chi connectivity index (χ2v) is 6.61. The summed E-state index contributed by atoms with van der Waals surface area (Å²) in [5.74, 6) is 2.21. The fraction of sp³-hybridized carbons (Fsp3) is 0.611. The normalized spacial score (nSPS) is 26.5. The first-order valence-corrected chi connectivity index (χ1v) is 8.94. The second-order valence-electron chi connectivity index (χ2n) is 6.34. The van der Waals surface area contributed by atoms with Crippen LogP contribution in [0.3, 0.4) is 0 Å². The summed E-state index contributed by atoms with van der Waals surface area (Å²) < 4.78 is 11.3. The van der Waals surface area contributed by atoms with Gasteiger partial charge in [-0.15, -0.1) is 11.6 Å². The van der Waals surface area contributed by atoms with Crippen molar-refractivity contribution in [3.05, 3.63) is 29.3 Å². The highest BCUT2D eigenvalue weighted by Crippen LogP contribution is 2.46. The van der Waals surface area contributed by atoms with Crippen LogP contribution in [0.5, 0.6) is 5.75 Å². The van der Waals surface area contributed by atoms with E-state index < -0.39 is 0 Å².